The van der Waals surface area contributed by atoms with E-state index in [1.54, 1.807) is 0 Å². The number of fused-ring (bicyclic) bond motifs is 1. The fourth-order valence-corrected chi connectivity index (χ4v) is 2.52. The van der Waals surface area contributed by atoms with Crippen molar-refractivity contribution in [2.45, 2.75) is 32.4 Å². The summed E-state index contributed by atoms with van der Waals surface area (Å²) < 4.78 is 0. The molecule has 2 rings (SSSR count). The highest BCUT2D eigenvalue weighted by Crippen LogP contribution is 2.27. The van der Waals surface area contributed by atoms with Gasteiger partial charge >= 0.3 is 0 Å². The van der Waals surface area contributed by atoms with Crippen LogP contribution in [-0.4, -0.2) is 30.7 Å². The highest BCUT2D eigenvalue weighted by molar-refractivity contribution is 4.87. The second-order valence-electron chi connectivity index (χ2n) is 3.72. The molecular weight excluding hydrogens is 136 g/mol. The standard InChI is InChI=1S/C9H18N2/c1-2-11-7-3-4-8-5-6-10-9(8)11/h8-10H,2-7H2,1H3/t8-,9-/m1/s1. The molecule has 0 aromatic carbocycles. The predicted octanol–water partition coefficient (Wildman–Crippen LogP) is 1.04. The lowest BCUT2D eigenvalue weighted by Gasteiger charge is -2.36. The molecule has 0 bridgehead atoms. The van der Waals surface area contributed by atoms with Crippen molar-refractivity contribution in [3.8, 4) is 0 Å². The van der Waals surface area contributed by atoms with E-state index in [1.165, 1.54) is 38.9 Å². The molecule has 1 N–H and O–H groups in total. The van der Waals surface area contributed by atoms with Crippen molar-refractivity contribution in [3.63, 3.8) is 0 Å². The molecule has 2 nitrogen and oxygen atoms in total. The van der Waals surface area contributed by atoms with Crippen LogP contribution >= 0.6 is 0 Å². The fraction of sp³-hybridized carbons (Fsp3) is 1.00. The third-order valence-electron chi connectivity index (χ3n) is 3.13. The third kappa shape index (κ3) is 1.30. The molecule has 2 fully saturated rings. The lowest BCUT2D eigenvalue weighted by Crippen LogP contribution is -2.48. The van der Waals surface area contributed by atoms with E-state index in [0.29, 0.717) is 0 Å². The van der Waals surface area contributed by atoms with E-state index >= 15 is 0 Å². The van der Waals surface area contributed by atoms with Gasteiger partial charge in [-0.05, 0) is 44.8 Å². The van der Waals surface area contributed by atoms with Crippen molar-refractivity contribution in [1.82, 2.24) is 10.2 Å². The summed E-state index contributed by atoms with van der Waals surface area (Å²) in [6.07, 6.45) is 5.00. The topological polar surface area (TPSA) is 15.3 Å². The van der Waals surface area contributed by atoms with Gasteiger partial charge in [0.25, 0.3) is 0 Å². The zero-order valence-corrected chi connectivity index (χ0v) is 7.34. The molecule has 2 atom stereocenters. The lowest BCUT2D eigenvalue weighted by atomic mass is 9.95. The molecule has 0 amide bonds. The first kappa shape index (κ1) is 7.56. The van der Waals surface area contributed by atoms with Crippen LogP contribution in [0, 0.1) is 5.92 Å². The van der Waals surface area contributed by atoms with Gasteiger partial charge in [0, 0.05) is 0 Å². The molecule has 2 heterocycles. The average molecular weight is 154 g/mol. The van der Waals surface area contributed by atoms with Gasteiger partial charge in [-0.2, -0.15) is 0 Å². The SMILES string of the molecule is CCN1CCC[C@@H]2CCN[C@@H]21. The van der Waals surface area contributed by atoms with Crippen LogP contribution in [0.15, 0.2) is 0 Å². The van der Waals surface area contributed by atoms with E-state index in [0.717, 1.165) is 12.1 Å². The summed E-state index contributed by atoms with van der Waals surface area (Å²) in [5.41, 5.74) is 0. The highest BCUT2D eigenvalue weighted by atomic mass is 15.3. The molecule has 0 spiro atoms. The number of likely N-dealkylation sites (tertiary alicyclic amines) is 1. The highest BCUT2D eigenvalue weighted by Gasteiger charge is 2.33. The van der Waals surface area contributed by atoms with Crippen LogP contribution in [0.2, 0.25) is 0 Å². The summed E-state index contributed by atoms with van der Waals surface area (Å²) in [5, 5.41) is 3.59. The molecule has 2 saturated heterocycles. The molecule has 0 aromatic rings. The molecule has 0 radical (unpaired) electrons. The summed E-state index contributed by atoms with van der Waals surface area (Å²) in [6, 6.07) is 0. The Morgan fingerprint density at radius 1 is 1.45 bits per heavy atom. The predicted molar refractivity (Wildman–Crippen MR) is 46.4 cm³/mol. The Morgan fingerprint density at radius 2 is 2.36 bits per heavy atom. The summed E-state index contributed by atoms with van der Waals surface area (Å²) in [5.74, 6) is 0.962. The number of nitrogens with one attached hydrogen (secondary N) is 1. The van der Waals surface area contributed by atoms with Crippen LogP contribution in [0.4, 0.5) is 0 Å². The van der Waals surface area contributed by atoms with Gasteiger partial charge in [0.15, 0.2) is 0 Å². The van der Waals surface area contributed by atoms with Gasteiger partial charge in [-0.25, -0.2) is 0 Å². The van der Waals surface area contributed by atoms with E-state index in [-0.39, 0.29) is 0 Å². The maximum Gasteiger partial charge on any atom is 0.0626 e. The molecule has 2 aliphatic heterocycles. The van der Waals surface area contributed by atoms with Gasteiger partial charge in [-0.1, -0.05) is 6.92 Å². The lowest BCUT2D eigenvalue weighted by molar-refractivity contribution is 0.105. The Bertz CT molecular complexity index is 136. The maximum atomic E-state index is 3.59. The zero-order chi connectivity index (χ0) is 7.68. The maximum absolute atomic E-state index is 3.59. The Labute approximate surface area is 69.0 Å². The van der Waals surface area contributed by atoms with E-state index in [2.05, 4.69) is 17.1 Å². The second-order valence-corrected chi connectivity index (χ2v) is 3.72. The van der Waals surface area contributed by atoms with Crippen LogP contribution in [0.25, 0.3) is 0 Å². The monoisotopic (exact) mass is 154 g/mol. The van der Waals surface area contributed by atoms with Gasteiger partial charge in [-0.15, -0.1) is 0 Å². The van der Waals surface area contributed by atoms with Gasteiger partial charge in [0.1, 0.15) is 0 Å². The van der Waals surface area contributed by atoms with Crippen molar-refractivity contribution in [1.29, 1.82) is 0 Å². The van der Waals surface area contributed by atoms with Crippen molar-refractivity contribution in [2.75, 3.05) is 19.6 Å². The molecule has 64 valence electrons. The quantitative estimate of drug-likeness (QED) is 0.607. The number of hydrogen-bond donors (Lipinski definition) is 1. The molecule has 0 aliphatic carbocycles. The van der Waals surface area contributed by atoms with Gasteiger partial charge < -0.3 is 5.32 Å². The minimum Gasteiger partial charge on any atom is -0.301 e. The Balaban J connectivity index is 2.00. The minimum atomic E-state index is 0.730. The number of hydrogen-bond acceptors (Lipinski definition) is 2. The van der Waals surface area contributed by atoms with Gasteiger partial charge in [0.05, 0.1) is 6.17 Å². The smallest absolute Gasteiger partial charge is 0.0626 e. The first-order valence-electron chi connectivity index (χ1n) is 4.89. The largest absolute Gasteiger partial charge is 0.301 e. The van der Waals surface area contributed by atoms with E-state index < -0.39 is 0 Å². The Hall–Kier alpha value is -0.0800. The zero-order valence-electron chi connectivity index (χ0n) is 7.34. The first-order valence-corrected chi connectivity index (χ1v) is 4.89. The van der Waals surface area contributed by atoms with E-state index in [1.807, 2.05) is 0 Å². The van der Waals surface area contributed by atoms with Crippen LogP contribution < -0.4 is 5.32 Å². The third-order valence-corrected chi connectivity index (χ3v) is 3.13. The van der Waals surface area contributed by atoms with Crippen molar-refractivity contribution in [3.05, 3.63) is 0 Å². The van der Waals surface area contributed by atoms with E-state index in [4.69, 9.17) is 0 Å². The molecule has 0 saturated carbocycles. The molecule has 2 heteroatoms. The minimum absolute atomic E-state index is 0.730. The van der Waals surface area contributed by atoms with Crippen molar-refractivity contribution < 1.29 is 0 Å². The summed E-state index contributed by atoms with van der Waals surface area (Å²) in [4.78, 5) is 2.58. The molecule has 11 heavy (non-hydrogen) atoms. The van der Waals surface area contributed by atoms with Crippen molar-refractivity contribution >= 4 is 0 Å². The average Bonchev–Trinajstić information content (AvgIpc) is 2.50. The van der Waals surface area contributed by atoms with Crippen LogP contribution in [0.1, 0.15) is 26.2 Å². The Kier molecular flexibility index (Phi) is 2.14. The van der Waals surface area contributed by atoms with Gasteiger partial charge in [0.2, 0.25) is 0 Å². The second kappa shape index (κ2) is 3.11. The van der Waals surface area contributed by atoms with Crippen LogP contribution in [-0.2, 0) is 0 Å². The van der Waals surface area contributed by atoms with E-state index in [9.17, 15) is 0 Å². The van der Waals surface area contributed by atoms with Gasteiger partial charge in [-0.3, -0.25) is 4.90 Å². The van der Waals surface area contributed by atoms with Crippen LogP contribution in [0.5, 0.6) is 0 Å². The summed E-state index contributed by atoms with van der Waals surface area (Å²) >= 11 is 0. The Morgan fingerprint density at radius 3 is 3.18 bits per heavy atom. The number of nitrogens with zero attached hydrogens (tertiary/aromatic N) is 1. The normalized spacial score (nSPS) is 39.0. The molecule has 0 aromatic heterocycles. The number of piperidine rings is 1. The number of rotatable bonds is 1. The molecular formula is C9H18N2. The molecule has 2 aliphatic rings. The summed E-state index contributed by atoms with van der Waals surface area (Å²) in [6.45, 7) is 6.03. The summed E-state index contributed by atoms with van der Waals surface area (Å²) in [7, 11) is 0. The van der Waals surface area contributed by atoms with Crippen LogP contribution in [0.3, 0.4) is 0 Å². The molecule has 0 unspecified atom stereocenters. The first-order chi connectivity index (χ1) is 5.42. The van der Waals surface area contributed by atoms with Crippen molar-refractivity contribution in [2.24, 2.45) is 5.92 Å². The fourth-order valence-electron chi connectivity index (χ4n) is 2.52.